The Morgan fingerprint density at radius 1 is 1.56 bits per heavy atom. The number of halogens is 1. The third-order valence-electron chi connectivity index (χ3n) is 1.83. The molecule has 1 aromatic rings. The molecule has 0 fully saturated rings. The summed E-state index contributed by atoms with van der Waals surface area (Å²) in [5.74, 6) is 5.80. The number of nitrogens with zero attached hydrogens (tertiary/aromatic N) is 1. The summed E-state index contributed by atoms with van der Waals surface area (Å²) in [6.07, 6.45) is 0.601. The van der Waals surface area contributed by atoms with Crippen molar-refractivity contribution in [1.29, 1.82) is 0 Å². The van der Waals surface area contributed by atoms with E-state index >= 15 is 0 Å². The lowest BCUT2D eigenvalue weighted by molar-refractivity contribution is -0.118. The highest BCUT2D eigenvalue weighted by molar-refractivity contribution is 6.30. The first-order valence-corrected chi connectivity index (χ1v) is 5.34. The molecule has 0 aliphatic rings. The van der Waals surface area contributed by atoms with Crippen LogP contribution >= 0.6 is 11.6 Å². The van der Waals surface area contributed by atoms with E-state index in [1.165, 1.54) is 6.92 Å². The average molecular weight is 237 g/mol. The van der Waals surface area contributed by atoms with Gasteiger partial charge in [-0.1, -0.05) is 23.4 Å². The molecule has 0 aromatic carbocycles. The Hall–Kier alpha value is -1.53. The van der Waals surface area contributed by atoms with Crippen LogP contribution in [0.25, 0.3) is 0 Å². The van der Waals surface area contributed by atoms with Crippen LogP contribution in [-0.4, -0.2) is 17.4 Å². The van der Waals surface area contributed by atoms with Crippen molar-refractivity contribution in [3.05, 3.63) is 28.5 Å². The van der Waals surface area contributed by atoms with Crippen LogP contribution in [0.2, 0.25) is 5.15 Å². The van der Waals surface area contributed by atoms with Crippen molar-refractivity contribution in [3.8, 4) is 11.8 Å². The van der Waals surface area contributed by atoms with E-state index in [-0.39, 0.29) is 5.91 Å². The smallest absolute Gasteiger partial charge is 0.216 e. The first kappa shape index (κ1) is 12.5. The number of aryl methyl sites for hydroxylation is 1. The Morgan fingerprint density at radius 2 is 2.31 bits per heavy atom. The number of rotatable bonds is 2. The summed E-state index contributed by atoms with van der Waals surface area (Å²) in [6.45, 7) is 3.91. The van der Waals surface area contributed by atoms with Crippen molar-refractivity contribution in [1.82, 2.24) is 10.3 Å². The van der Waals surface area contributed by atoms with Gasteiger partial charge in [0.1, 0.15) is 5.15 Å². The number of aromatic nitrogens is 1. The van der Waals surface area contributed by atoms with E-state index in [1.807, 2.05) is 19.1 Å². The zero-order valence-corrected chi connectivity index (χ0v) is 10.1. The van der Waals surface area contributed by atoms with Gasteiger partial charge in [0, 0.05) is 25.6 Å². The monoisotopic (exact) mass is 236 g/mol. The molecule has 3 nitrogen and oxygen atoms in total. The quantitative estimate of drug-likeness (QED) is 0.484. The Bertz CT molecular complexity index is 446. The minimum atomic E-state index is -0.0446. The lowest BCUT2D eigenvalue weighted by atomic mass is 10.2. The van der Waals surface area contributed by atoms with Gasteiger partial charge >= 0.3 is 0 Å². The second-order valence-electron chi connectivity index (χ2n) is 3.33. The fraction of sp³-hybridized carbons (Fsp3) is 0.333. The average Bonchev–Trinajstić information content (AvgIpc) is 2.20. The molecular formula is C12H13ClN2O. The molecule has 4 heteroatoms. The van der Waals surface area contributed by atoms with Crippen molar-refractivity contribution in [2.75, 3.05) is 6.54 Å². The van der Waals surface area contributed by atoms with Crippen LogP contribution in [0, 0.1) is 18.8 Å². The zero-order valence-electron chi connectivity index (χ0n) is 9.30. The lowest BCUT2D eigenvalue weighted by Gasteiger charge is -1.97. The van der Waals surface area contributed by atoms with Crippen LogP contribution in [-0.2, 0) is 4.79 Å². The number of amides is 1. The Morgan fingerprint density at radius 3 is 2.94 bits per heavy atom. The van der Waals surface area contributed by atoms with Crippen molar-refractivity contribution >= 4 is 17.5 Å². The van der Waals surface area contributed by atoms with Crippen molar-refractivity contribution in [2.24, 2.45) is 0 Å². The molecule has 84 valence electrons. The first-order chi connectivity index (χ1) is 7.59. The lowest BCUT2D eigenvalue weighted by Crippen LogP contribution is -2.20. The third-order valence-corrected chi connectivity index (χ3v) is 2.12. The van der Waals surface area contributed by atoms with Crippen LogP contribution in [0.5, 0.6) is 0 Å². The van der Waals surface area contributed by atoms with E-state index in [1.54, 1.807) is 0 Å². The van der Waals surface area contributed by atoms with Gasteiger partial charge in [-0.3, -0.25) is 4.79 Å². The minimum Gasteiger partial charge on any atom is -0.355 e. The number of nitrogens with one attached hydrogen (secondary N) is 1. The van der Waals surface area contributed by atoms with Crippen molar-refractivity contribution in [3.63, 3.8) is 0 Å². The minimum absolute atomic E-state index is 0.0446. The molecule has 0 aliphatic heterocycles. The SMILES string of the molecule is CC(=O)NCCC#Cc1ccc(C)nc1Cl. The number of pyridine rings is 1. The molecule has 0 bridgehead atoms. The second kappa shape index (κ2) is 6.14. The maximum atomic E-state index is 10.6. The maximum absolute atomic E-state index is 10.6. The van der Waals surface area contributed by atoms with Crippen LogP contribution in [0.4, 0.5) is 0 Å². The molecule has 0 saturated heterocycles. The highest BCUT2D eigenvalue weighted by Gasteiger charge is 1.97. The molecule has 1 aromatic heterocycles. The van der Waals surface area contributed by atoms with Gasteiger partial charge in [-0.25, -0.2) is 4.98 Å². The van der Waals surface area contributed by atoms with Crippen LogP contribution < -0.4 is 5.32 Å². The Labute approximate surface area is 100 Å². The molecule has 0 saturated carbocycles. The molecule has 0 radical (unpaired) electrons. The number of hydrogen-bond acceptors (Lipinski definition) is 2. The number of carbonyl (C=O) groups is 1. The molecule has 1 amide bonds. The molecule has 1 rings (SSSR count). The van der Waals surface area contributed by atoms with Crippen molar-refractivity contribution < 1.29 is 4.79 Å². The van der Waals surface area contributed by atoms with E-state index in [0.717, 1.165) is 11.3 Å². The van der Waals surface area contributed by atoms with Gasteiger partial charge < -0.3 is 5.32 Å². The van der Waals surface area contributed by atoms with E-state index < -0.39 is 0 Å². The van der Waals surface area contributed by atoms with Gasteiger partial charge in [-0.05, 0) is 19.1 Å². The topological polar surface area (TPSA) is 42.0 Å². The molecule has 0 unspecified atom stereocenters. The van der Waals surface area contributed by atoms with E-state index in [0.29, 0.717) is 18.1 Å². The summed E-state index contributed by atoms with van der Waals surface area (Å²) in [6, 6.07) is 3.71. The Kier molecular flexibility index (Phi) is 4.81. The summed E-state index contributed by atoms with van der Waals surface area (Å²) < 4.78 is 0. The number of hydrogen-bond donors (Lipinski definition) is 1. The molecule has 1 N–H and O–H groups in total. The van der Waals surface area contributed by atoms with Gasteiger partial charge in [0.15, 0.2) is 0 Å². The molecule has 1 heterocycles. The fourth-order valence-corrected chi connectivity index (χ4v) is 1.32. The largest absolute Gasteiger partial charge is 0.355 e. The predicted molar refractivity (Wildman–Crippen MR) is 64.2 cm³/mol. The summed E-state index contributed by atoms with van der Waals surface area (Å²) in [4.78, 5) is 14.7. The van der Waals surface area contributed by atoms with Crippen LogP contribution in [0.15, 0.2) is 12.1 Å². The van der Waals surface area contributed by atoms with E-state index in [9.17, 15) is 4.79 Å². The number of carbonyl (C=O) groups excluding carboxylic acids is 1. The van der Waals surface area contributed by atoms with Gasteiger partial charge in [0.25, 0.3) is 0 Å². The van der Waals surface area contributed by atoms with Gasteiger partial charge in [-0.2, -0.15) is 0 Å². The maximum Gasteiger partial charge on any atom is 0.216 e. The van der Waals surface area contributed by atoms with Gasteiger partial charge in [0.2, 0.25) is 5.91 Å². The van der Waals surface area contributed by atoms with E-state index in [2.05, 4.69) is 22.1 Å². The molecule has 16 heavy (non-hydrogen) atoms. The summed E-state index contributed by atoms with van der Waals surface area (Å²) >= 11 is 5.91. The van der Waals surface area contributed by atoms with E-state index in [4.69, 9.17) is 11.6 Å². The molecule has 0 aliphatic carbocycles. The van der Waals surface area contributed by atoms with Crippen LogP contribution in [0.3, 0.4) is 0 Å². The summed E-state index contributed by atoms with van der Waals surface area (Å²) in [5.41, 5.74) is 1.59. The first-order valence-electron chi connectivity index (χ1n) is 4.96. The highest BCUT2D eigenvalue weighted by Crippen LogP contribution is 2.11. The van der Waals surface area contributed by atoms with Crippen LogP contribution in [0.1, 0.15) is 24.6 Å². The Balaban J connectivity index is 2.53. The normalized spacial score (nSPS) is 9.19. The second-order valence-corrected chi connectivity index (χ2v) is 3.68. The molecular weight excluding hydrogens is 224 g/mol. The summed E-state index contributed by atoms with van der Waals surface area (Å²) in [7, 11) is 0. The standard InChI is InChI=1S/C12H13ClN2O/c1-9-6-7-11(12(13)15-9)5-3-4-8-14-10(2)16/h6-7H,4,8H2,1-2H3,(H,14,16). The summed E-state index contributed by atoms with van der Waals surface area (Å²) in [5, 5.41) is 3.09. The molecule has 0 atom stereocenters. The third kappa shape index (κ3) is 4.33. The van der Waals surface area contributed by atoms with Crippen molar-refractivity contribution in [2.45, 2.75) is 20.3 Å². The molecule has 0 spiro atoms. The zero-order chi connectivity index (χ0) is 12.0. The highest BCUT2D eigenvalue weighted by atomic mass is 35.5. The predicted octanol–water partition coefficient (Wildman–Crippen LogP) is 1.92. The van der Waals surface area contributed by atoms with Gasteiger partial charge in [0.05, 0.1) is 5.56 Å². The van der Waals surface area contributed by atoms with Gasteiger partial charge in [-0.15, -0.1) is 0 Å². The fourth-order valence-electron chi connectivity index (χ4n) is 1.08.